The number of carbonyl (C=O) groups is 4. The second kappa shape index (κ2) is 8.19. The zero-order valence-corrected chi connectivity index (χ0v) is 19.6. The van der Waals surface area contributed by atoms with Crippen LogP contribution in [0.4, 0.5) is 0 Å². The maximum absolute atomic E-state index is 13.7. The Balaban J connectivity index is 1.71. The molecule has 4 aliphatic carbocycles. The van der Waals surface area contributed by atoms with E-state index in [1.54, 1.807) is 6.08 Å². The average molecular weight is 445 g/mol. The highest BCUT2D eigenvalue weighted by Gasteiger charge is 2.70. The fraction of sp³-hybridized carbons (Fsp3) is 0.769. The van der Waals surface area contributed by atoms with E-state index >= 15 is 0 Å². The summed E-state index contributed by atoms with van der Waals surface area (Å²) >= 11 is 0. The summed E-state index contributed by atoms with van der Waals surface area (Å²) in [7, 11) is 0. The number of carbonyl (C=O) groups excluding carboxylic acids is 4. The molecule has 3 fully saturated rings. The third-order valence-electron chi connectivity index (χ3n) is 9.39. The van der Waals surface area contributed by atoms with E-state index in [4.69, 9.17) is 4.74 Å². The van der Waals surface area contributed by atoms with Crippen LogP contribution in [-0.4, -0.2) is 40.6 Å². The number of esters is 1. The topological polar surface area (TPSA) is 97.7 Å². The lowest BCUT2D eigenvalue weighted by molar-refractivity contribution is -0.192. The number of Topliss-reactive ketones (excluding diaryl/α,β-unsaturated/α-hetero) is 2. The first-order valence-electron chi connectivity index (χ1n) is 12.3. The summed E-state index contributed by atoms with van der Waals surface area (Å²) in [5, 5.41) is 9.81. The van der Waals surface area contributed by atoms with E-state index in [0.717, 1.165) is 24.8 Å². The molecule has 4 rings (SSSR count). The quantitative estimate of drug-likeness (QED) is 0.627. The van der Waals surface area contributed by atoms with E-state index < -0.39 is 29.4 Å². The summed E-state index contributed by atoms with van der Waals surface area (Å²) in [4.78, 5) is 51.6. The van der Waals surface area contributed by atoms with Gasteiger partial charge < -0.3 is 9.84 Å². The van der Waals surface area contributed by atoms with Crippen molar-refractivity contribution in [3.05, 3.63) is 11.6 Å². The van der Waals surface area contributed by atoms with Gasteiger partial charge in [0, 0.05) is 30.6 Å². The van der Waals surface area contributed by atoms with Crippen molar-refractivity contribution in [2.75, 3.05) is 6.61 Å². The molecule has 0 heterocycles. The molecule has 3 saturated carbocycles. The molecular weight excluding hydrogens is 408 g/mol. The van der Waals surface area contributed by atoms with Gasteiger partial charge in [-0.25, -0.2) is 0 Å². The molecule has 32 heavy (non-hydrogen) atoms. The Morgan fingerprint density at radius 1 is 1.16 bits per heavy atom. The standard InChI is InChI=1S/C26H36O6/c1-4-5-6-22(31)32-26(21(30)15-27)12-10-19-18-8-7-16-13-17(28)9-11-24(16,2)23(18)20(29)14-25(19,26)3/h13,18-19,23,27H,4-12,14-15H2,1-3H3/t18-,19-,23-,24+,25-,26-/m0/s1. The van der Waals surface area contributed by atoms with Gasteiger partial charge in [-0.15, -0.1) is 0 Å². The molecule has 0 unspecified atom stereocenters. The van der Waals surface area contributed by atoms with Gasteiger partial charge in [0.1, 0.15) is 12.4 Å². The number of hydrogen-bond acceptors (Lipinski definition) is 6. The zero-order valence-electron chi connectivity index (χ0n) is 19.6. The number of ketones is 3. The van der Waals surface area contributed by atoms with Crippen LogP contribution in [0.15, 0.2) is 11.6 Å². The Bertz CT molecular complexity index is 874. The van der Waals surface area contributed by atoms with E-state index in [-0.39, 0.29) is 47.6 Å². The van der Waals surface area contributed by atoms with Gasteiger partial charge in [0.2, 0.25) is 5.78 Å². The van der Waals surface area contributed by atoms with Gasteiger partial charge >= 0.3 is 5.97 Å². The number of fused-ring (bicyclic) bond motifs is 5. The molecule has 0 aromatic heterocycles. The molecule has 0 saturated heterocycles. The summed E-state index contributed by atoms with van der Waals surface area (Å²) in [6.45, 7) is 5.35. The molecule has 0 bridgehead atoms. The van der Waals surface area contributed by atoms with Gasteiger partial charge in [-0.05, 0) is 61.9 Å². The van der Waals surface area contributed by atoms with Crippen LogP contribution in [0, 0.1) is 28.6 Å². The maximum Gasteiger partial charge on any atom is 0.306 e. The minimum absolute atomic E-state index is 0.0654. The molecule has 1 N–H and O–H groups in total. The van der Waals surface area contributed by atoms with Crippen molar-refractivity contribution in [1.29, 1.82) is 0 Å². The number of unbranched alkanes of at least 4 members (excludes halogenated alkanes) is 1. The Morgan fingerprint density at radius 2 is 1.91 bits per heavy atom. The second-order valence-electron chi connectivity index (χ2n) is 10.9. The predicted octanol–water partition coefficient (Wildman–Crippen LogP) is 3.73. The summed E-state index contributed by atoms with van der Waals surface area (Å²) in [6.07, 6.45) is 7.52. The number of aliphatic hydroxyl groups is 1. The third-order valence-corrected chi connectivity index (χ3v) is 9.39. The molecule has 0 spiro atoms. The minimum Gasteiger partial charge on any atom is -0.450 e. The lowest BCUT2D eigenvalue weighted by Crippen LogP contribution is -2.62. The molecular formula is C26H36O6. The SMILES string of the molecule is CCCCC(=O)O[C@]1(C(=O)CO)CC[C@H]2[C@@H]3CCC4=CC(=O)CC[C@@]4(C)[C@@H]3C(=O)C[C@@]21C. The van der Waals surface area contributed by atoms with Gasteiger partial charge in [0.25, 0.3) is 0 Å². The first-order valence-corrected chi connectivity index (χ1v) is 12.3. The molecule has 0 amide bonds. The number of ether oxygens (including phenoxy) is 1. The molecule has 176 valence electrons. The van der Waals surface area contributed by atoms with Crippen LogP contribution >= 0.6 is 0 Å². The van der Waals surface area contributed by atoms with E-state index in [0.29, 0.717) is 32.1 Å². The van der Waals surface area contributed by atoms with Crippen molar-refractivity contribution in [3.63, 3.8) is 0 Å². The predicted molar refractivity (Wildman–Crippen MR) is 118 cm³/mol. The van der Waals surface area contributed by atoms with Crippen LogP contribution in [0.1, 0.15) is 85.0 Å². The summed E-state index contributed by atoms with van der Waals surface area (Å²) < 4.78 is 5.94. The van der Waals surface area contributed by atoms with Crippen LogP contribution in [0.2, 0.25) is 0 Å². The first-order chi connectivity index (χ1) is 15.1. The van der Waals surface area contributed by atoms with E-state index in [1.165, 1.54) is 0 Å². The van der Waals surface area contributed by atoms with Gasteiger partial charge in [-0.1, -0.05) is 32.8 Å². The molecule has 6 heteroatoms. The van der Waals surface area contributed by atoms with Gasteiger partial charge in [-0.2, -0.15) is 0 Å². The van der Waals surface area contributed by atoms with Gasteiger partial charge in [-0.3, -0.25) is 19.2 Å². The van der Waals surface area contributed by atoms with E-state index in [1.807, 2.05) is 13.8 Å². The Labute approximate surface area is 190 Å². The van der Waals surface area contributed by atoms with Crippen LogP contribution in [0.5, 0.6) is 0 Å². The molecule has 0 radical (unpaired) electrons. The smallest absolute Gasteiger partial charge is 0.306 e. The van der Waals surface area contributed by atoms with Crippen molar-refractivity contribution in [2.45, 2.75) is 90.6 Å². The lowest BCUT2D eigenvalue weighted by atomic mass is 9.46. The fourth-order valence-electron chi connectivity index (χ4n) is 7.75. The molecule has 6 nitrogen and oxygen atoms in total. The Morgan fingerprint density at radius 3 is 2.59 bits per heavy atom. The maximum atomic E-state index is 13.7. The molecule has 0 aromatic rings. The normalized spacial score (nSPS) is 40.8. The molecule has 4 aliphatic rings. The minimum atomic E-state index is -1.43. The average Bonchev–Trinajstić information content (AvgIpc) is 3.04. The van der Waals surface area contributed by atoms with Gasteiger partial charge in [0.05, 0.1) is 0 Å². The summed E-state index contributed by atoms with van der Waals surface area (Å²) in [5.74, 6) is -0.644. The van der Waals surface area contributed by atoms with Gasteiger partial charge in [0.15, 0.2) is 11.4 Å². The zero-order chi connectivity index (χ0) is 23.3. The first kappa shape index (κ1) is 23.3. The van der Waals surface area contributed by atoms with Crippen LogP contribution in [0.25, 0.3) is 0 Å². The van der Waals surface area contributed by atoms with E-state index in [9.17, 15) is 24.3 Å². The highest BCUT2D eigenvalue weighted by molar-refractivity contribution is 5.95. The number of hydrogen-bond donors (Lipinski definition) is 1. The Kier molecular flexibility index (Phi) is 5.98. The Hall–Kier alpha value is -1.82. The fourth-order valence-corrected chi connectivity index (χ4v) is 7.75. The van der Waals surface area contributed by atoms with Crippen molar-refractivity contribution < 1.29 is 29.0 Å². The van der Waals surface area contributed by atoms with Crippen molar-refractivity contribution >= 4 is 23.3 Å². The van der Waals surface area contributed by atoms with Crippen LogP contribution in [-0.2, 0) is 23.9 Å². The highest BCUT2D eigenvalue weighted by atomic mass is 16.6. The lowest BCUT2D eigenvalue weighted by Gasteiger charge is -2.58. The summed E-state index contributed by atoms with van der Waals surface area (Å²) in [6, 6.07) is 0. The number of rotatable bonds is 6. The van der Waals surface area contributed by atoms with Crippen molar-refractivity contribution in [1.82, 2.24) is 0 Å². The van der Waals surface area contributed by atoms with E-state index in [2.05, 4.69) is 6.92 Å². The molecule has 0 aliphatic heterocycles. The van der Waals surface area contributed by atoms with Crippen molar-refractivity contribution in [3.8, 4) is 0 Å². The third kappa shape index (κ3) is 3.24. The second-order valence-corrected chi connectivity index (χ2v) is 10.9. The number of allylic oxidation sites excluding steroid dienone is 1. The summed E-state index contributed by atoms with van der Waals surface area (Å²) in [5.41, 5.74) is -1.44. The highest BCUT2D eigenvalue weighted by Crippen LogP contribution is 2.67. The number of aliphatic hydroxyl groups excluding tert-OH is 1. The molecule has 0 aromatic carbocycles. The van der Waals surface area contributed by atoms with Crippen molar-refractivity contribution in [2.24, 2.45) is 28.6 Å². The molecule has 6 atom stereocenters. The van der Waals surface area contributed by atoms with Crippen LogP contribution < -0.4 is 0 Å². The van der Waals surface area contributed by atoms with Crippen LogP contribution in [0.3, 0.4) is 0 Å². The largest absolute Gasteiger partial charge is 0.450 e. The monoisotopic (exact) mass is 444 g/mol.